The summed E-state index contributed by atoms with van der Waals surface area (Å²) in [7, 11) is 1.72. The molecule has 10 heteroatoms. The number of hydrogen-bond acceptors (Lipinski definition) is 6. The van der Waals surface area contributed by atoms with Crippen LogP contribution in [0.25, 0.3) is 11.0 Å². The van der Waals surface area contributed by atoms with E-state index in [9.17, 15) is 19.2 Å². The van der Waals surface area contributed by atoms with Gasteiger partial charge in [-0.25, -0.2) is 9.59 Å². The number of amides is 3. The second kappa shape index (κ2) is 9.54. The fraction of sp³-hybridized carbons (Fsp3) is 0.630. The van der Waals surface area contributed by atoms with Crippen LogP contribution in [0.2, 0.25) is 0 Å². The van der Waals surface area contributed by atoms with Gasteiger partial charge in [0, 0.05) is 45.3 Å². The number of nitrogens with zero attached hydrogens (tertiary/aromatic N) is 4. The maximum absolute atomic E-state index is 13.0. The minimum atomic E-state index is -0.671. The summed E-state index contributed by atoms with van der Waals surface area (Å²) in [5, 5.41) is 2.35. The molecular formula is C27H37N5O5. The van der Waals surface area contributed by atoms with E-state index in [1.165, 1.54) is 4.57 Å². The number of imidazole rings is 1. The number of hydrogen-bond donors (Lipinski definition) is 1. The normalized spacial score (nSPS) is 21.8. The number of rotatable bonds is 4. The molecule has 1 unspecified atom stereocenters. The van der Waals surface area contributed by atoms with Crippen molar-refractivity contribution in [2.45, 2.75) is 64.5 Å². The number of ether oxygens (including phenoxy) is 1. The average Bonchev–Trinajstić information content (AvgIpc) is 3.05. The lowest BCUT2D eigenvalue weighted by atomic mass is 9.83. The molecule has 1 aromatic carbocycles. The molecule has 3 amide bonds. The second-order valence-electron chi connectivity index (χ2n) is 11.8. The molecule has 2 aromatic rings. The molecular weight excluding hydrogens is 474 g/mol. The lowest BCUT2D eigenvalue weighted by Crippen LogP contribution is -2.48. The molecule has 0 saturated carbocycles. The van der Waals surface area contributed by atoms with Crippen LogP contribution in [0.1, 0.15) is 58.9 Å². The highest BCUT2D eigenvalue weighted by molar-refractivity contribution is 6.00. The fourth-order valence-electron chi connectivity index (χ4n) is 5.86. The van der Waals surface area contributed by atoms with Crippen LogP contribution in [0, 0.1) is 11.8 Å². The molecule has 3 fully saturated rings. The van der Waals surface area contributed by atoms with Crippen LogP contribution >= 0.6 is 0 Å². The Bertz CT molecular complexity index is 1270. The van der Waals surface area contributed by atoms with Crippen LogP contribution in [0.4, 0.5) is 10.5 Å². The first-order valence-corrected chi connectivity index (χ1v) is 13.3. The van der Waals surface area contributed by atoms with Crippen LogP contribution in [0.3, 0.4) is 0 Å². The molecule has 10 nitrogen and oxygen atoms in total. The van der Waals surface area contributed by atoms with E-state index >= 15 is 0 Å². The van der Waals surface area contributed by atoms with Gasteiger partial charge in [-0.2, -0.15) is 0 Å². The first-order chi connectivity index (χ1) is 17.5. The number of carbonyl (C=O) groups is 3. The Hall–Kier alpha value is -3.30. The van der Waals surface area contributed by atoms with Crippen molar-refractivity contribution in [3.8, 4) is 0 Å². The van der Waals surface area contributed by atoms with Gasteiger partial charge in [-0.15, -0.1) is 0 Å². The monoisotopic (exact) mass is 511 g/mol. The van der Waals surface area contributed by atoms with Gasteiger partial charge in [0.15, 0.2) is 0 Å². The topological polar surface area (TPSA) is 106 Å². The number of carbonyl (C=O) groups excluding carboxylic acids is 3. The molecule has 1 atom stereocenters. The van der Waals surface area contributed by atoms with Crippen molar-refractivity contribution in [1.29, 1.82) is 0 Å². The molecule has 1 N–H and O–H groups in total. The molecule has 3 saturated heterocycles. The molecule has 0 bridgehead atoms. The summed E-state index contributed by atoms with van der Waals surface area (Å²) in [6.07, 6.45) is 3.53. The highest BCUT2D eigenvalue weighted by Gasteiger charge is 2.34. The Morgan fingerprint density at radius 3 is 2.38 bits per heavy atom. The maximum atomic E-state index is 13.0. The largest absolute Gasteiger partial charge is 0.444 e. The molecule has 0 radical (unpaired) electrons. The SMILES string of the molecule is Cn1c(=O)n(C2CCC(=O)NC2=O)c2ccc(N3CC(CC4CCN(C(=O)OC(C)(C)C)CC4)C3)cc21. The van der Waals surface area contributed by atoms with Gasteiger partial charge < -0.3 is 14.5 Å². The van der Waals surface area contributed by atoms with Crippen LogP contribution in [-0.4, -0.2) is 63.7 Å². The summed E-state index contributed by atoms with van der Waals surface area (Å²) in [5.74, 6) is 0.526. The smallest absolute Gasteiger partial charge is 0.410 e. The Morgan fingerprint density at radius 1 is 1.03 bits per heavy atom. The average molecular weight is 512 g/mol. The minimum Gasteiger partial charge on any atom is -0.444 e. The number of piperidine rings is 2. The van der Waals surface area contributed by atoms with Gasteiger partial charge in [-0.3, -0.25) is 24.0 Å². The summed E-state index contributed by atoms with van der Waals surface area (Å²) in [4.78, 5) is 53.4. The third-order valence-electron chi connectivity index (χ3n) is 7.85. The molecule has 200 valence electrons. The molecule has 5 rings (SSSR count). The van der Waals surface area contributed by atoms with E-state index in [4.69, 9.17) is 4.74 Å². The number of fused-ring (bicyclic) bond motifs is 1. The standard InChI is InChI=1S/C27H37N5O5/c1-27(2,3)37-26(36)30-11-9-17(10-12-30)13-18-15-31(16-18)19-5-6-20-22(14-19)29(4)25(35)32(20)21-7-8-23(33)28-24(21)34/h5-6,14,17-18,21H,7-13,15-16H2,1-4H3,(H,28,33,34). The van der Waals surface area contributed by atoms with Crippen LogP contribution in [-0.2, 0) is 21.4 Å². The number of imide groups is 1. The molecule has 37 heavy (non-hydrogen) atoms. The quantitative estimate of drug-likeness (QED) is 0.633. The zero-order chi connectivity index (χ0) is 26.5. The Morgan fingerprint density at radius 2 is 1.73 bits per heavy atom. The Balaban J connectivity index is 1.18. The van der Waals surface area contributed by atoms with E-state index in [0.717, 1.165) is 56.6 Å². The van der Waals surface area contributed by atoms with Gasteiger partial charge in [0.05, 0.1) is 11.0 Å². The van der Waals surface area contributed by atoms with Crippen molar-refractivity contribution in [2.24, 2.45) is 18.9 Å². The fourth-order valence-corrected chi connectivity index (χ4v) is 5.86. The van der Waals surface area contributed by atoms with Crippen LogP contribution in [0.15, 0.2) is 23.0 Å². The van der Waals surface area contributed by atoms with Gasteiger partial charge in [-0.05, 0) is 76.5 Å². The van der Waals surface area contributed by atoms with Crippen molar-refractivity contribution < 1.29 is 19.1 Å². The van der Waals surface area contributed by atoms with E-state index < -0.39 is 17.6 Å². The first-order valence-electron chi connectivity index (χ1n) is 13.3. The number of benzene rings is 1. The number of aromatic nitrogens is 2. The Kier molecular flexibility index (Phi) is 6.53. The van der Waals surface area contributed by atoms with Gasteiger partial charge >= 0.3 is 11.8 Å². The lowest BCUT2D eigenvalue weighted by molar-refractivity contribution is -0.135. The van der Waals surface area contributed by atoms with Gasteiger partial charge in [-0.1, -0.05) is 0 Å². The molecule has 3 aliphatic heterocycles. The van der Waals surface area contributed by atoms with Crippen LogP contribution < -0.4 is 15.9 Å². The van der Waals surface area contributed by atoms with E-state index in [-0.39, 0.29) is 24.1 Å². The van der Waals surface area contributed by atoms with Crippen molar-refractivity contribution in [1.82, 2.24) is 19.4 Å². The van der Waals surface area contributed by atoms with E-state index in [1.807, 2.05) is 43.9 Å². The predicted octanol–water partition coefficient (Wildman–Crippen LogP) is 2.79. The molecule has 0 aliphatic carbocycles. The van der Waals surface area contributed by atoms with Crippen molar-refractivity contribution in [3.63, 3.8) is 0 Å². The second-order valence-corrected chi connectivity index (χ2v) is 11.8. The van der Waals surface area contributed by atoms with Gasteiger partial charge in [0.2, 0.25) is 11.8 Å². The predicted molar refractivity (Wildman–Crippen MR) is 139 cm³/mol. The minimum absolute atomic E-state index is 0.211. The summed E-state index contributed by atoms with van der Waals surface area (Å²) in [6, 6.07) is 5.28. The summed E-state index contributed by atoms with van der Waals surface area (Å²) >= 11 is 0. The number of aryl methyl sites for hydroxylation is 1. The van der Waals surface area contributed by atoms with Crippen LogP contribution in [0.5, 0.6) is 0 Å². The van der Waals surface area contributed by atoms with E-state index in [1.54, 1.807) is 11.6 Å². The Labute approximate surface area is 216 Å². The third-order valence-corrected chi connectivity index (χ3v) is 7.85. The molecule has 4 heterocycles. The summed E-state index contributed by atoms with van der Waals surface area (Å²) in [5.41, 5.74) is 1.84. The van der Waals surface area contributed by atoms with Crippen molar-refractivity contribution in [2.75, 3.05) is 31.1 Å². The molecule has 3 aliphatic rings. The number of anilines is 1. The zero-order valence-electron chi connectivity index (χ0n) is 22.2. The highest BCUT2D eigenvalue weighted by Crippen LogP contribution is 2.34. The van der Waals surface area contributed by atoms with Gasteiger partial charge in [0.1, 0.15) is 11.6 Å². The summed E-state index contributed by atoms with van der Waals surface area (Å²) < 4.78 is 8.60. The number of nitrogens with one attached hydrogen (secondary N) is 1. The maximum Gasteiger partial charge on any atom is 0.410 e. The van der Waals surface area contributed by atoms with E-state index in [0.29, 0.717) is 23.8 Å². The third kappa shape index (κ3) is 5.10. The number of likely N-dealkylation sites (tertiary alicyclic amines) is 1. The summed E-state index contributed by atoms with van der Waals surface area (Å²) in [6.45, 7) is 9.14. The lowest BCUT2D eigenvalue weighted by Gasteiger charge is -2.43. The highest BCUT2D eigenvalue weighted by atomic mass is 16.6. The molecule has 1 aromatic heterocycles. The zero-order valence-corrected chi connectivity index (χ0v) is 22.2. The van der Waals surface area contributed by atoms with E-state index in [2.05, 4.69) is 10.2 Å². The van der Waals surface area contributed by atoms with Gasteiger partial charge in [0.25, 0.3) is 0 Å². The van der Waals surface area contributed by atoms with Crippen molar-refractivity contribution >= 4 is 34.6 Å². The first kappa shape index (κ1) is 25.4. The molecule has 0 spiro atoms. The van der Waals surface area contributed by atoms with Crippen molar-refractivity contribution in [3.05, 3.63) is 28.7 Å².